The maximum absolute atomic E-state index is 10.3. The van der Waals surface area contributed by atoms with Crippen LogP contribution in [0.5, 0.6) is 0 Å². The molecule has 1 aromatic rings. The third-order valence-electron chi connectivity index (χ3n) is 1.62. The average Bonchev–Trinajstić information content (AvgIpc) is 2.28. The molecule has 16 heavy (non-hydrogen) atoms. The number of nitrogens with zero attached hydrogens (tertiary/aromatic N) is 1. The van der Waals surface area contributed by atoms with Crippen molar-refractivity contribution in [3.63, 3.8) is 0 Å². The van der Waals surface area contributed by atoms with Gasteiger partial charge in [0.05, 0.1) is 11.5 Å². The summed E-state index contributed by atoms with van der Waals surface area (Å²) in [5, 5.41) is 13.1. The SMILES string of the molecule is CCOCc1ccc([N+](=O)[O-])cc1.CNC. The third-order valence-corrected chi connectivity index (χ3v) is 1.62. The molecule has 0 amide bonds. The predicted octanol–water partition coefficient (Wildman–Crippen LogP) is 1.97. The lowest BCUT2D eigenvalue weighted by Gasteiger charge is -1.99. The van der Waals surface area contributed by atoms with Crippen molar-refractivity contribution in [3.05, 3.63) is 39.9 Å². The average molecular weight is 226 g/mol. The Hall–Kier alpha value is -1.46. The van der Waals surface area contributed by atoms with Crippen LogP contribution < -0.4 is 5.32 Å². The Bertz CT molecular complexity index is 299. The molecule has 0 aliphatic rings. The molecular weight excluding hydrogens is 208 g/mol. The molecule has 1 N–H and O–H groups in total. The van der Waals surface area contributed by atoms with Gasteiger partial charge >= 0.3 is 0 Å². The van der Waals surface area contributed by atoms with Crippen LogP contribution in [0.2, 0.25) is 0 Å². The van der Waals surface area contributed by atoms with E-state index in [1.54, 1.807) is 12.1 Å². The first-order valence-corrected chi connectivity index (χ1v) is 5.05. The number of nitro benzene ring substituents is 1. The predicted molar refractivity (Wildman–Crippen MR) is 63.4 cm³/mol. The van der Waals surface area contributed by atoms with Gasteiger partial charge in [0.25, 0.3) is 5.69 Å². The van der Waals surface area contributed by atoms with Gasteiger partial charge in [-0.3, -0.25) is 10.1 Å². The van der Waals surface area contributed by atoms with Crippen LogP contribution in [-0.4, -0.2) is 25.6 Å². The maximum Gasteiger partial charge on any atom is 0.269 e. The van der Waals surface area contributed by atoms with Crippen LogP contribution in [0.25, 0.3) is 0 Å². The molecule has 0 aliphatic heterocycles. The van der Waals surface area contributed by atoms with E-state index in [-0.39, 0.29) is 5.69 Å². The van der Waals surface area contributed by atoms with E-state index in [0.29, 0.717) is 13.2 Å². The van der Waals surface area contributed by atoms with Crippen molar-refractivity contribution >= 4 is 5.69 Å². The van der Waals surface area contributed by atoms with Gasteiger partial charge in [-0.25, -0.2) is 0 Å². The molecule has 0 aromatic heterocycles. The number of non-ortho nitro benzene ring substituents is 1. The highest BCUT2D eigenvalue weighted by Gasteiger charge is 2.02. The number of benzene rings is 1. The summed E-state index contributed by atoms with van der Waals surface area (Å²) in [5.41, 5.74) is 1.06. The normalized spacial score (nSPS) is 9.19. The third kappa shape index (κ3) is 6.10. The summed E-state index contributed by atoms with van der Waals surface area (Å²) in [4.78, 5) is 9.89. The van der Waals surface area contributed by atoms with Crippen molar-refractivity contribution in [1.82, 2.24) is 5.32 Å². The van der Waals surface area contributed by atoms with Crippen LogP contribution in [0.1, 0.15) is 12.5 Å². The van der Waals surface area contributed by atoms with Crippen LogP contribution in [-0.2, 0) is 11.3 Å². The molecule has 5 nitrogen and oxygen atoms in total. The molecule has 0 fully saturated rings. The monoisotopic (exact) mass is 226 g/mol. The zero-order valence-corrected chi connectivity index (χ0v) is 9.90. The summed E-state index contributed by atoms with van der Waals surface area (Å²) in [6.45, 7) is 3.07. The van der Waals surface area contributed by atoms with Crippen molar-refractivity contribution in [1.29, 1.82) is 0 Å². The summed E-state index contributed by atoms with van der Waals surface area (Å²) in [5.74, 6) is 0. The van der Waals surface area contributed by atoms with E-state index in [2.05, 4.69) is 5.32 Å². The van der Waals surface area contributed by atoms with Gasteiger partial charge < -0.3 is 10.1 Å². The molecule has 5 heteroatoms. The van der Waals surface area contributed by atoms with Crippen LogP contribution in [0.4, 0.5) is 5.69 Å². The number of hydrogen-bond acceptors (Lipinski definition) is 4. The minimum absolute atomic E-state index is 0.111. The molecule has 0 bridgehead atoms. The van der Waals surface area contributed by atoms with Crippen molar-refractivity contribution in [2.45, 2.75) is 13.5 Å². The lowest BCUT2D eigenvalue weighted by Crippen LogP contribution is -1.92. The molecule has 0 saturated heterocycles. The summed E-state index contributed by atoms with van der Waals surface area (Å²) in [7, 11) is 3.75. The summed E-state index contributed by atoms with van der Waals surface area (Å²) in [6, 6.07) is 6.37. The smallest absolute Gasteiger partial charge is 0.269 e. The molecule has 1 rings (SSSR count). The first-order valence-electron chi connectivity index (χ1n) is 5.05. The van der Waals surface area contributed by atoms with Crippen molar-refractivity contribution in [2.75, 3.05) is 20.7 Å². The van der Waals surface area contributed by atoms with Gasteiger partial charge in [-0.1, -0.05) is 0 Å². The zero-order valence-electron chi connectivity index (χ0n) is 9.90. The van der Waals surface area contributed by atoms with E-state index in [0.717, 1.165) is 5.56 Å². The lowest BCUT2D eigenvalue weighted by molar-refractivity contribution is -0.384. The molecule has 0 radical (unpaired) electrons. The standard InChI is InChI=1S/C9H11NO3.C2H7N/c1-2-13-7-8-3-5-9(6-4-8)10(11)12;1-3-2/h3-6H,2,7H2,1H3;3H,1-2H3. The Morgan fingerprint density at radius 2 is 1.81 bits per heavy atom. The largest absolute Gasteiger partial charge is 0.377 e. The van der Waals surface area contributed by atoms with Crippen molar-refractivity contribution in [2.24, 2.45) is 0 Å². The highest BCUT2D eigenvalue weighted by molar-refractivity contribution is 5.32. The number of nitro groups is 1. The topological polar surface area (TPSA) is 64.4 Å². The highest BCUT2D eigenvalue weighted by Crippen LogP contribution is 2.12. The Morgan fingerprint density at radius 3 is 2.19 bits per heavy atom. The Morgan fingerprint density at radius 1 is 1.31 bits per heavy atom. The Balaban J connectivity index is 0.000000673. The first kappa shape index (κ1) is 14.5. The van der Waals surface area contributed by atoms with Gasteiger partial charge in [0.15, 0.2) is 0 Å². The van der Waals surface area contributed by atoms with Crippen LogP contribution >= 0.6 is 0 Å². The second-order valence-corrected chi connectivity index (χ2v) is 3.06. The van der Waals surface area contributed by atoms with E-state index in [1.165, 1.54) is 12.1 Å². The molecule has 0 atom stereocenters. The van der Waals surface area contributed by atoms with Gasteiger partial charge in [0.1, 0.15) is 0 Å². The van der Waals surface area contributed by atoms with E-state index in [9.17, 15) is 10.1 Å². The minimum Gasteiger partial charge on any atom is -0.377 e. The lowest BCUT2D eigenvalue weighted by atomic mass is 10.2. The van der Waals surface area contributed by atoms with E-state index < -0.39 is 4.92 Å². The van der Waals surface area contributed by atoms with Gasteiger partial charge in [-0.15, -0.1) is 0 Å². The zero-order chi connectivity index (χ0) is 12.4. The highest BCUT2D eigenvalue weighted by atomic mass is 16.6. The Kier molecular flexibility index (Phi) is 8.01. The molecule has 90 valence electrons. The van der Waals surface area contributed by atoms with Gasteiger partial charge in [0, 0.05) is 18.7 Å². The van der Waals surface area contributed by atoms with E-state index in [4.69, 9.17) is 4.74 Å². The van der Waals surface area contributed by atoms with Crippen LogP contribution in [0.15, 0.2) is 24.3 Å². The minimum atomic E-state index is -0.412. The molecule has 1 aromatic carbocycles. The molecule has 0 aliphatic carbocycles. The van der Waals surface area contributed by atoms with Crippen LogP contribution in [0.3, 0.4) is 0 Å². The van der Waals surface area contributed by atoms with Crippen LogP contribution in [0, 0.1) is 10.1 Å². The second kappa shape index (κ2) is 8.82. The molecule has 0 heterocycles. The van der Waals surface area contributed by atoms with Gasteiger partial charge in [-0.05, 0) is 38.7 Å². The summed E-state index contributed by atoms with van der Waals surface area (Å²) in [6.07, 6.45) is 0. The van der Waals surface area contributed by atoms with Gasteiger partial charge in [0.2, 0.25) is 0 Å². The second-order valence-electron chi connectivity index (χ2n) is 3.06. The van der Waals surface area contributed by atoms with E-state index in [1.807, 2.05) is 21.0 Å². The quantitative estimate of drug-likeness (QED) is 0.629. The van der Waals surface area contributed by atoms with Crippen molar-refractivity contribution < 1.29 is 9.66 Å². The van der Waals surface area contributed by atoms with Crippen molar-refractivity contribution in [3.8, 4) is 0 Å². The first-order chi connectivity index (χ1) is 7.65. The fraction of sp³-hybridized carbons (Fsp3) is 0.455. The molecule has 0 saturated carbocycles. The Labute approximate surface area is 95.6 Å². The number of hydrogen-bond donors (Lipinski definition) is 1. The number of nitrogens with one attached hydrogen (secondary N) is 1. The van der Waals surface area contributed by atoms with Gasteiger partial charge in [-0.2, -0.15) is 0 Å². The molecule has 0 unspecified atom stereocenters. The number of ether oxygens (including phenoxy) is 1. The summed E-state index contributed by atoms with van der Waals surface area (Å²) < 4.78 is 5.15. The summed E-state index contributed by atoms with van der Waals surface area (Å²) >= 11 is 0. The maximum atomic E-state index is 10.3. The fourth-order valence-corrected chi connectivity index (χ4v) is 0.934. The van der Waals surface area contributed by atoms with E-state index >= 15 is 0 Å². The number of rotatable bonds is 4. The molecular formula is C11H18N2O3. The molecule has 0 spiro atoms. The fourth-order valence-electron chi connectivity index (χ4n) is 0.934.